The molecule has 2 aromatic rings. The van der Waals surface area contributed by atoms with E-state index in [9.17, 15) is 0 Å². The minimum absolute atomic E-state index is 0.0314. The number of rotatable bonds is 6. The molecule has 1 aliphatic rings. The van der Waals surface area contributed by atoms with Gasteiger partial charge in [-0.25, -0.2) is 5.53 Å². The minimum Gasteiger partial charge on any atom is -0.457 e. The van der Waals surface area contributed by atoms with Crippen LogP contribution in [0.3, 0.4) is 0 Å². The molecule has 7 nitrogen and oxygen atoms in total. The Morgan fingerprint density at radius 2 is 1.81 bits per heavy atom. The predicted molar refractivity (Wildman–Crippen MR) is 98.7 cm³/mol. The van der Waals surface area contributed by atoms with Gasteiger partial charge in [-0.15, -0.1) is 0 Å². The maximum atomic E-state index is 8.85. The van der Waals surface area contributed by atoms with Crippen molar-refractivity contribution in [2.24, 2.45) is 10.5 Å². The van der Waals surface area contributed by atoms with Crippen molar-refractivity contribution in [3.63, 3.8) is 0 Å². The molecule has 2 aromatic carbocycles. The lowest BCUT2D eigenvalue weighted by Gasteiger charge is -2.32. The van der Waals surface area contributed by atoms with Crippen molar-refractivity contribution in [3.8, 4) is 17.6 Å². The Balaban J connectivity index is 1.66. The van der Waals surface area contributed by atoms with Gasteiger partial charge in [0.25, 0.3) is 0 Å². The van der Waals surface area contributed by atoms with E-state index in [2.05, 4.69) is 25.0 Å². The summed E-state index contributed by atoms with van der Waals surface area (Å²) < 4.78 is 22.6. The van der Waals surface area contributed by atoms with Crippen LogP contribution < -0.4 is 4.74 Å². The fraction of sp³-hybridized carbons (Fsp3) is 0.316. The van der Waals surface area contributed by atoms with Crippen LogP contribution in [0.1, 0.15) is 25.0 Å². The molecule has 0 saturated carbocycles. The lowest BCUT2D eigenvalue weighted by atomic mass is 9.93. The maximum Gasteiger partial charge on any atom is 0.639 e. The third-order valence-corrected chi connectivity index (χ3v) is 3.99. The van der Waals surface area contributed by atoms with Gasteiger partial charge in [-0.05, 0) is 42.5 Å². The smallest absolute Gasteiger partial charge is 0.457 e. The van der Waals surface area contributed by atoms with E-state index in [0.29, 0.717) is 41.5 Å². The van der Waals surface area contributed by atoms with Gasteiger partial charge in [-0.1, -0.05) is 13.8 Å². The summed E-state index contributed by atoms with van der Waals surface area (Å²) in [5.74, 6) is 1.19. The van der Waals surface area contributed by atoms with Gasteiger partial charge in [0.1, 0.15) is 11.5 Å². The molecule has 0 atom stereocenters. The topological polar surface area (TPSA) is 96.9 Å². The van der Waals surface area contributed by atoms with Crippen molar-refractivity contribution in [1.29, 1.82) is 10.8 Å². The summed E-state index contributed by atoms with van der Waals surface area (Å²) in [6.45, 7) is 5.40. The summed E-state index contributed by atoms with van der Waals surface area (Å²) in [7, 11) is -0.736. The van der Waals surface area contributed by atoms with Crippen LogP contribution in [0, 0.1) is 22.3 Å². The summed E-state index contributed by atoms with van der Waals surface area (Å²) in [5, 5.41) is 12.4. The lowest BCUT2D eigenvalue weighted by Crippen LogP contribution is -2.42. The molecular weight excluding hydrogens is 345 g/mol. The zero-order valence-corrected chi connectivity index (χ0v) is 15.3. The van der Waals surface area contributed by atoms with Crippen molar-refractivity contribution in [2.75, 3.05) is 13.2 Å². The van der Waals surface area contributed by atoms with Gasteiger partial charge in [-0.2, -0.15) is 10.4 Å². The molecule has 1 N–H and O–H groups in total. The van der Waals surface area contributed by atoms with Crippen LogP contribution in [0.5, 0.6) is 11.5 Å². The van der Waals surface area contributed by atoms with Gasteiger partial charge in [0.05, 0.1) is 23.9 Å². The molecule has 1 heterocycles. The molecule has 138 valence electrons. The molecule has 0 amide bonds. The molecule has 0 aromatic heterocycles. The fourth-order valence-electron chi connectivity index (χ4n) is 2.51. The number of ether oxygens (including phenoxy) is 1. The first-order valence-electron chi connectivity index (χ1n) is 8.52. The molecule has 0 aliphatic carbocycles. The van der Waals surface area contributed by atoms with E-state index < -0.39 is 7.32 Å². The molecule has 1 fully saturated rings. The highest BCUT2D eigenvalue weighted by Crippen LogP contribution is 2.29. The molecular formula is C19H20BN3O4. The predicted octanol–water partition coefficient (Wildman–Crippen LogP) is 4.59. The standard InChI is InChI=1S/C19H20BN3O4/c1-19(2)12-25-20(26-13-19)24-11-15-9-17(7-8-18(15)23-22)27-16-5-3-14(10-21)4-6-16/h3-9,22H,11-13H2,1-2H3. The van der Waals surface area contributed by atoms with Crippen molar-refractivity contribution in [1.82, 2.24) is 0 Å². The molecule has 0 radical (unpaired) electrons. The summed E-state index contributed by atoms with van der Waals surface area (Å²) in [4.78, 5) is 0. The summed E-state index contributed by atoms with van der Waals surface area (Å²) in [5.41, 5.74) is 9.04. The van der Waals surface area contributed by atoms with Crippen molar-refractivity contribution >= 4 is 13.0 Å². The monoisotopic (exact) mass is 365 g/mol. The Labute approximate surface area is 158 Å². The third kappa shape index (κ3) is 5.14. The number of nitrogens with zero attached hydrogens (tertiary/aromatic N) is 2. The first-order chi connectivity index (χ1) is 13.0. The van der Waals surface area contributed by atoms with Crippen molar-refractivity contribution < 1.29 is 18.7 Å². The highest BCUT2D eigenvalue weighted by molar-refractivity contribution is 6.36. The van der Waals surface area contributed by atoms with E-state index >= 15 is 0 Å². The average molecular weight is 365 g/mol. The van der Waals surface area contributed by atoms with E-state index in [-0.39, 0.29) is 12.0 Å². The van der Waals surface area contributed by atoms with E-state index in [0.717, 1.165) is 0 Å². The van der Waals surface area contributed by atoms with E-state index in [1.807, 2.05) is 0 Å². The van der Waals surface area contributed by atoms with E-state index in [4.69, 9.17) is 29.5 Å². The van der Waals surface area contributed by atoms with Gasteiger partial charge in [0.15, 0.2) is 0 Å². The molecule has 27 heavy (non-hydrogen) atoms. The molecule has 0 bridgehead atoms. The van der Waals surface area contributed by atoms with E-state index in [1.54, 1.807) is 42.5 Å². The van der Waals surface area contributed by atoms with Crippen LogP contribution >= 0.6 is 0 Å². The second-order valence-corrected chi connectivity index (χ2v) is 7.03. The summed E-state index contributed by atoms with van der Waals surface area (Å²) in [6, 6.07) is 14.1. The Hall–Kier alpha value is -2.73. The molecule has 3 rings (SSSR count). The Morgan fingerprint density at radius 3 is 2.44 bits per heavy atom. The van der Waals surface area contributed by atoms with Crippen LogP contribution in [-0.2, 0) is 20.6 Å². The van der Waals surface area contributed by atoms with Gasteiger partial charge >= 0.3 is 7.32 Å². The van der Waals surface area contributed by atoms with Crippen molar-refractivity contribution in [3.05, 3.63) is 53.6 Å². The van der Waals surface area contributed by atoms with Gasteiger partial charge in [0, 0.05) is 24.2 Å². The number of hydrogen-bond donors (Lipinski definition) is 1. The highest BCUT2D eigenvalue weighted by Gasteiger charge is 2.34. The molecule has 0 spiro atoms. The van der Waals surface area contributed by atoms with Crippen LogP contribution in [0.2, 0.25) is 0 Å². The summed E-state index contributed by atoms with van der Waals surface area (Å²) in [6.07, 6.45) is 0. The largest absolute Gasteiger partial charge is 0.639 e. The van der Waals surface area contributed by atoms with Gasteiger partial charge in [-0.3, -0.25) is 0 Å². The summed E-state index contributed by atoms with van der Waals surface area (Å²) >= 11 is 0. The fourth-order valence-corrected chi connectivity index (χ4v) is 2.51. The van der Waals surface area contributed by atoms with E-state index in [1.165, 1.54) is 0 Å². The Kier molecular flexibility index (Phi) is 5.86. The quantitative estimate of drug-likeness (QED) is 0.597. The Bertz CT molecular complexity index is 839. The average Bonchev–Trinajstić information content (AvgIpc) is 2.68. The first kappa shape index (κ1) is 19.0. The van der Waals surface area contributed by atoms with Crippen molar-refractivity contribution in [2.45, 2.75) is 20.5 Å². The number of nitrogens with one attached hydrogen (secondary N) is 1. The zero-order chi connectivity index (χ0) is 19.3. The molecule has 1 saturated heterocycles. The molecule has 1 aliphatic heterocycles. The molecule has 8 heteroatoms. The number of benzene rings is 2. The third-order valence-electron chi connectivity index (χ3n) is 3.99. The van der Waals surface area contributed by atoms with Crippen LogP contribution in [0.15, 0.2) is 47.6 Å². The van der Waals surface area contributed by atoms with Gasteiger partial charge < -0.3 is 18.7 Å². The highest BCUT2D eigenvalue weighted by atomic mass is 16.7. The minimum atomic E-state index is -0.736. The lowest BCUT2D eigenvalue weighted by molar-refractivity contribution is -0.0213. The normalized spacial score (nSPS) is 15.8. The second kappa shape index (κ2) is 8.31. The Morgan fingerprint density at radius 1 is 1.15 bits per heavy atom. The zero-order valence-electron chi connectivity index (χ0n) is 15.3. The number of hydrogen-bond acceptors (Lipinski definition) is 7. The SMILES string of the molecule is CC1(C)COB(OCc2cc(Oc3ccc(C#N)cc3)ccc2N=N)OC1. The second-order valence-electron chi connectivity index (χ2n) is 7.03. The van der Waals surface area contributed by atoms with Crippen LogP contribution in [0.25, 0.3) is 0 Å². The maximum absolute atomic E-state index is 8.85. The van der Waals surface area contributed by atoms with Crippen LogP contribution in [0.4, 0.5) is 5.69 Å². The van der Waals surface area contributed by atoms with Crippen LogP contribution in [-0.4, -0.2) is 20.5 Å². The van der Waals surface area contributed by atoms with Gasteiger partial charge in [0.2, 0.25) is 0 Å². The number of nitriles is 1. The first-order valence-corrected chi connectivity index (χ1v) is 8.52. The molecule has 0 unspecified atom stereocenters.